The van der Waals surface area contributed by atoms with E-state index in [2.05, 4.69) is 5.32 Å². The van der Waals surface area contributed by atoms with Crippen LogP contribution >= 0.6 is 0 Å². The highest BCUT2D eigenvalue weighted by Crippen LogP contribution is 2.23. The van der Waals surface area contributed by atoms with E-state index in [1.165, 1.54) is 0 Å². The molecule has 1 atom stereocenters. The third kappa shape index (κ3) is 4.20. The lowest BCUT2D eigenvalue weighted by atomic mass is 9.84. The van der Waals surface area contributed by atoms with Crippen LogP contribution in [0.5, 0.6) is 0 Å². The second-order valence-electron chi connectivity index (χ2n) is 5.81. The lowest BCUT2D eigenvalue weighted by molar-refractivity contribution is -0.131. The monoisotopic (exact) mass is 215 g/mol. The molecule has 15 heavy (non-hydrogen) atoms. The zero-order valence-corrected chi connectivity index (χ0v) is 10.8. The van der Waals surface area contributed by atoms with Crippen molar-refractivity contribution in [3.8, 4) is 0 Å². The minimum atomic E-state index is -0.362. The summed E-state index contributed by atoms with van der Waals surface area (Å²) in [7, 11) is 0. The molecule has 0 aliphatic heterocycles. The average molecular weight is 215 g/mol. The van der Waals surface area contributed by atoms with Crippen molar-refractivity contribution in [1.82, 2.24) is 5.32 Å². The number of amides is 1. The average Bonchev–Trinajstić information content (AvgIpc) is 2.11. The Bertz CT molecular complexity index is 216. The molecule has 1 amide bonds. The molecule has 0 aliphatic rings. The number of nitrogens with one attached hydrogen (secondary N) is 1. The highest BCUT2D eigenvalue weighted by molar-refractivity contribution is 5.82. The molecular formula is C12H25NO2. The summed E-state index contributed by atoms with van der Waals surface area (Å²) < 4.78 is 0. The van der Waals surface area contributed by atoms with Gasteiger partial charge in [0.25, 0.3) is 0 Å². The zero-order valence-electron chi connectivity index (χ0n) is 10.8. The van der Waals surface area contributed by atoms with Crippen LogP contribution in [0.15, 0.2) is 0 Å². The maximum absolute atomic E-state index is 11.9. The SMILES string of the molecule is CCC(C)(C)C(=O)NC(CO)C(C)(C)C. The van der Waals surface area contributed by atoms with Gasteiger partial charge in [-0.15, -0.1) is 0 Å². The first kappa shape index (κ1) is 14.4. The Morgan fingerprint density at radius 1 is 1.27 bits per heavy atom. The minimum absolute atomic E-state index is 0.0129. The van der Waals surface area contributed by atoms with Crippen LogP contribution in [0.25, 0.3) is 0 Å². The summed E-state index contributed by atoms with van der Waals surface area (Å²) >= 11 is 0. The predicted octanol–water partition coefficient (Wildman–Crippen LogP) is 1.95. The molecule has 3 nitrogen and oxygen atoms in total. The first-order valence-corrected chi connectivity index (χ1v) is 5.57. The predicted molar refractivity (Wildman–Crippen MR) is 62.5 cm³/mol. The molecule has 3 heteroatoms. The van der Waals surface area contributed by atoms with E-state index in [-0.39, 0.29) is 29.4 Å². The number of carbonyl (C=O) groups excluding carboxylic acids is 1. The van der Waals surface area contributed by atoms with Crippen molar-refractivity contribution >= 4 is 5.91 Å². The fourth-order valence-corrected chi connectivity index (χ4v) is 1.05. The maximum atomic E-state index is 11.9. The Labute approximate surface area is 93.3 Å². The molecule has 90 valence electrons. The standard InChI is InChI=1S/C12H25NO2/c1-7-12(5,6)10(15)13-9(8-14)11(2,3)4/h9,14H,7-8H2,1-6H3,(H,13,15). The van der Waals surface area contributed by atoms with Crippen LogP contribution in [0.4, 0.5) is 0 Å². The van der Waals surface area contributed by atoms with E-state index in [0.717, 1.165) is 6.42 Å². The maximum Gasteiger partial charge on any atom is 0.225 e. The number of rotatable bonds is 4. The van der Waals surface area contributed by atoms with Gasteiger partial charge < -0.3 is 10.4 Å². The van der Waals surface area contributed by atoms with E-state index in [0.29, 0.717) is 0 Å². The molecule has 0 fully saturated rings. The number of carbonyl (C=O) groups is 1. The molecule has 0 saturated heterocycles. The molecule has 0 radical (unpaired) electrons. The molecule has 1 unspecified atom stereocenters. The summed E-state index contributed by atoms with van der Waals surface area (Å²) in [6.07, 6.45) is 0.793. The summed E-state index contributed by atoms with van der Waals surface area (Å²) in [5, 5.41) is 12.1. The van der Waals surface area contributed by atoms with E-state index in [9.17, 15) is 9.90 Å². The van der Waals surface area contributed by atoms with Crippen molar-refractivity contribution in [3.05, 3.63) is 0 Å². The molecule has 2 N–H and O–H groups in total. The summed E-state index contributed by atoms with van der Waals surface area (Å²) in [5.41, 5.74) is -0.479. The molecule has 0 bridgehead atoms. The Hall–Kier alpha value is -0.570. The van der Waals surface area contributed by atoms with Crippen LogP contribution in [-0.4, -0.2) is 23.7 Å². The van der Waals surface area contributed by atoms with Gasteiger partial charge in [0.15, 0.2) is 0 Å². The molecule has 0 aliphatic carbocycles. The topological polar surface area (TPSA) is 49.3 Å². The Morgan fingerprint density at radius 2 is 1.73 bits per heavy atom. The van der Waals surface area contributed by atoms with Crippen molar-refractivity contribution in [3.63, 3.8) is 0 Å². The Kier molecular flexibility index (Phi) is 4.78. The van der Waals surface area contributed by atoms with Gasteiger partial charge in [-0.25, -0.2) is 0 Å². The van der Waals surface area contributed by atoms with Gasteiger partial charge in [-0.2, -0.15) is 0 Å². The zero-order chi connectivity index (χ0) is 12.3. The Morgan fingerprint density at radius 3 is 2.00 bits per heavy atom. The van der Waals surface area contributed by atoms with Crippen LogP contribution in [0.3, 0.4) is 0 Å². The second kappa shape index (κ2) is 4.97. The van der Waals surface area contributed by atoms with Gasteiger partial charge in [0, 0.05) is 5.41 Å². The highest BCUT2D eigenvalue weighted by Gasteiger charge is 2.31. The molecule has 0 heterocycles. The van der Waals surface area contributed by atoms with Crippen LogP contribution < -0.4 is 5.32 Å². The Balaban J connectivity index is 4.52. The number of hydrogen-bond acceptors (Lipinski definition) is 2. The van der Waals surface area contributed by atoms with Crippen molar-refractivity contribution in [2.45, 2.75) is 54.0 Å². The van der Waals surface area contributed by atoms with Crippen molar-refractivity contribution in [2.75, 3.05) is 6.61 Å². The molecule has 0 aromatic rings. The van der Waals surface area contributed by atoms with Gasteiger partial charge >= 0.3 is 0 Å². The molecule has 0 rings (SSSR count). The van der Waals surface area contributed by atoms with Gasteiger partial charge in [-0.3, -0.25) is 4.79 Å². The summed E-state index contributed by atoms with van der Waals surface area (Å²) in [4.78, 5) is 11.9. The van der Waals surface area contributed by atoms with Crippen LogP contribution in [0.1, 0.15) is 48.0 Å². The summed E-state index contributed by atoms with van der Waals surface area (Å²) in [5.74, 6) is 0.0129. The second-order valence-corrected chi connectivity index (χ2v) is 5.81. The van der Waals surface area contributed by atoms with Crippen molar-refractivity contribution in [1.29, 1.82) is 0 Å². The normalized spacial score (nSPS) is 14.9. The van der Waals surface area contributed by atoms with Gasteiger partial charge in [0.2, 0.25) is 5.91 Å². The van der Waals surface area contributed by atoms with Gasteiger partial charge in [-0.1, -0.05) is 41.5 Å². The highest BCUT2D eigenvalue weighted by atomic mass is 16.3. The lowest BCUT2D eigenvalue weighted by Gasteiger charge is -2.33. The quantitative estimate of drug-likeness (QED) is 0.753. The molecule has 0 spiro atoms. The van der Waals surface area contributed by atoms with E-state index < -0.39 is 0 Å². The summed E-state index contributed by atoms with van der Waals surface area (Å²) in [6, 6.07) is -0.184. The molecule has 0 aromatic heterocycles. The van der Waals surface area contributed by atoms with E-state index >= 15 is 0 Å². The first-order chi connectivity index (χ1) is 6.65. The minimum Gasteiger partial charge on any atom is -0.394 e. The van der Waals surface area contributed by atoms with E-state index in [4.69, 9.17) is 0 Å². The van der Waals surface area contributed by atoms with Crippen LogP contribution in [0.2, 0.25) is 0 Å². The number of hydrogen-bond donors (Lipinski definition) is 2. The van der Waals surface area contributed by atoms with Crippen LogP contribution in [0, 0.1) is 10.8 Å². The first-order valence-electron chi connectivity index (χ1n) is 5.57. The third-order valence-electron chi connectivity index (χ3n) is 3.03. The molecule has 0 aromatic carbocycles. The van der Waals surface area contributed by atoms with Gasteiger partial charge in [0.05, 0.1) is 12.6 Å². The molecule has 0 saturated carbocycles. The fourth-order valence-electron chi connectivity index (χ4n) is 1.05. The van der Waals surface area contributed by atoms with Crippen molar-refractivity contribution < 1.29 is 9.90 Å². The number of aliphatic hydroxyl groups is 1. The smallest absolute Gasteiger partial charge is 0.225 e. The third-order valence-corrected chi connectivity index (χ3v) is 3.03. The van der Waals surface area contributed by atoms with Gasteiger partial charge in [0.1, 0.15) is 0 Å². The summed E-state index contributed by atoms with van der Waals surface area (Å²) in [6.45, 7) is 11.8. The van der Waals surface area contributed by atoms with Gasteiger partial charge in [-0.05, 0) is 11.8 Å². The number of aliphatic hydroxyl groups excluding tert-OH is 1. The largest absolute Gasteiger partial charge is 0.394 e. The van der Waals surface area contributed by atoms with E-state index in [1.54, 1.807) is 0 Å². The van der Waals surface area contributed by atoms with Crippen LogP contribution in [-0.2, 0) is 4.79 Å². The molecular weight excluding hydrogens is 190 g/mol. The lowest BCUT2D eigenvalue weighted by Crippen LogP contribution is -2.50. The van der Waals surface area contributed by atoms with Crippen molar-refractivity contribution in [2.24, 2.45) is 10.8 Å². The van der Waals surface area contributed by atoms with E-state index in [1.807, 2.05) is 41.5 Å². The fraction of sp³-hybridized carbons (Fsp3) is 0.917.